The molecule has 1 aliphatic rings. The third-order valence-electron chi connectivity index (χ3n) is 4.60. The van der Waals surface area contributed by atoms with E-state index in [9.17, 15) is 33.4 Å². The fourth-order valence-corrected chi connectivity index (χ4v) is 3.29. The molecule has 2 aromatic rings. The smallest absolute Gasteiger partial charge is 0.295 e. The van der Waals surface area contributed by atoms with E-state index in [4.69, 9.17) is 0 Å². The Morgan fingerprint density at radius 1 is 1.07 bits per heavy atom. The van der Waals surface area contributed by atoms with Crippen LogP contribution in [0.15, 0.2) is 54.1 Å². The zero-order valence-corrected chi connectivity index (χ0v) is 15.1. The third kappa shape index (κ3) is 4.16. The van der Waals surface area contributed by atoms with E-state index in [-0.39, 0.29) is 36.1 Å². The molecule has 29 heavy (non-hydrogen) atoms. The highest BCUT2D eigenvalue weighted by atomic mass is 19.1. The summed E-state index contributed by atoms with van der Waals surface area (Å²) in [6.07, 6.45) is -0.325. The summed E-state index contributed by atoms with van der Waals surface area (Å²) in [6.45, 7) is -0.111. The van der Waals surface area contributed by atoms with Crippen molar-refractivity contribution in [2.75, 3.05) is 6.54 Å². The van der Waals surface area contributed by atoms with Crippen molar-refractivity contribution in [3.8, 4) is 0 Å². The monoisotopic (exact) mass is 400 g/mol. The first-order valence-electron chi connectivity index (χ1n) is 8.79. The Labute approximate surface area is 164 Å². The number of aliphatic hydroxyl groups is 1. The first kappa shape index (κ1) is 20.2. The van der Waals surface area contributed by atoms with Gasteiger partial charge in [-0.3, -0.25) is 9.59 Å². The molecule has 1 fully saturated rings. The van der Waals surface area contributed by atoms with Crippen LogP contribution in [0.25, 0.3) is 5.76 Å². The van der Waals surface area contributed by atoms with E-state index in [1.165, 1.54) is 30.3 Å². The molecule has 6 nitrogen and oxygen atoms in total. The van der Waals surface area contributed by atoms with E-state index in [1.807, 2.05) is 0 Å². The molecule has 1 saturated heterocycles. The van der Waals surface area contributed by atoms with Gasteiger partial charge in [-0.15, -0.1) is 0 Å². The van der Waals surface area contributed by atoms with Gasteiger partial charge in [0.15, 0.2) is 0 Å². The van der Waals surface area contributed by atoms with E-state index >= 15 is 0 Å². The molecular weight excluding hydrogens is 384 g/mol. The predicted molar refractivity (Wildman–Crippen MR) is 96.1 cm³/mol. The highest BCUT2D eigenvalue weighted by Crippen LogP contribution is 2.39. The van der Waals surface area contributed by atoms with Crippen LogP contribution in [0.2, 0.25) is 0 Å². The van der Waals surface area contributed by atoms with Crippen molar-refractivity contribution in [2.24, 2.45) is 0 Å². The number of likely N-dealkylation sites (tertiary alicyclic amines) is 1. The number of benzene rings is 2. The van der Waals surface area contributed by atoms with Gasteiger partial charge in [0.1, 0.15) is 17.4 Å². The largest absolute Gasteiger partial charge is 0.550 e. The van der Waals surface area contributed by atoms with Crippen molar-refractivity contribution in [3.63, 3.8) is 0 Å². The summed E-state index contributed by atoms with van der Waals surface area (Å²) in [7, 11) is 0. The van der Waals surface area contributed by atoms with Gasteiger partial charge in [0.25, 0.3) is 11.7 Å². The number of aliphatic carboxylic acids is 1. The third-order valence-corrected chi connectivity index (χ3v) is 4.60. The number of amides is 1. The average molecular weight is 400 g/mol. The van der Waals surface area contributed by atoms with Crippen molar-refractivity contribution in [2.45, 2.75) is 18.9 Å². The molecule has 0 unspecified atom stereocenters. The SMILES string of the molecule is O=C([O-])CCCN1C(=O)C(=O)C(=C(O)c2ccc(F)cc2)[C@@H]1c1cccc(F)c1. The molecule has 1 amide bonds. The molecule has 1 N–H and O–H groups in total. The molecule has 0 spiro atoms. The summed E-state index contributed by atoms with van der Waals surface area (Å²) in [5, 5.41) is 21.4. The minimum Gasteiger partial charge on any atom is -0.550 e. The second-order valence-corrected chi connectivity index (χ2v) is 6.53. The first-order valence-corrected chi connectivity index (χ1v) is 8.79. The zero-order chi connectivity index (χ0) is 21.1. The number of carboxylic acids is 1. The molecule has 0 saturated carbocycles. The normalized spacial score (nSPS) is 18.3. The highest BCUT2D eigenvalue weighted by Gasteiger charge is 2.45. The van der Waals surface area contributed by atoms with Gasteiger partial charge in [-0.25, -0.2) is 8.78 Å². The Morgan fingerprint density at radius 2 is 1.76 bits per heavy atom. The summed E-state index contributed by atoms with van der Waals surface area (Å²) < 4.78 is 27.0. The minimum atomic E-state index is -1.31. The van der Waals surface area contributed by atoms with Gasteiger partial charge in [-0.1, -0.05) is 12.1 Å². The van der Waals surface area contributed by atoms with Gasteiger partial charge in [0, 0.05) is 18.1 Å². The second kappa shape index (κ2) is 8.22. The maximum atomic E-state index is 13.8. The lowest BCUT2D eigenvalue weighted by molar-refractivity contribution is -0.305. The Morgan fingerprint density at radius 3 is 2.38 bits per heavy atom. The summed E-state index contributed by atoms with van der Waals surface area (Å²) in [6, 6.07) is 8.74. The number of rotatable bonds is 6. The van der Waals surface area contributed by atoms with Gasteiger partial charge < -0.3 is 19.9 Å². The summed E-state index contributed by atoms with van der Waals surface area (Å²) >= 11 is 0. The van der Waals surface area contributed by atoms with Gasteiger partial charge in [0.05, 0.1) is 11.6 Å². The van der Waals surface area contributed by atoms with E-state index < -0.39 is 41.1 Å². The van der Waals surface area contributed by atoms with Crippen molar-refractivity contribution in [1.82, 2.24) is 4.90 Å². The number of carboxylic acid groups (broad SMARTS) is 1. The van der Waals surface area contributed by atoms with Crippen LogP contribution in [0.4, 0.5) is 8.78 Å². The number of ketones is 1. The quantitative estimate of drug-likeness (QED) is 0.454. The van der Waals surface area contributed by atoms with Crippen molar-refractivity contribution in [1.29, 1.82) is 0 Å². The number of hydrogen-bond acceptors (Lipinski definition) is 5. The lowest BCUT2D eigenvalue weighted by Crippen LogP contribution is -2.32. The van der Waals surface area contributed by atoms with E-state index in [0.717, 1.165) is 23.1 Å². The number of aliphatic hydroxyl groups excluding tert-OH is 1. The molecule has 1 atom stereocenters. The number of nitrogens with zero attached hydrogens (tertiary/aromatic N) is 1. The first-order chi connectivity index (χ1) is 13.8. The molecule has 0 aromatic heterocycles. The molecule has 1 heterocycles. The second-order valence-electron chi connectivity index (χ2n) is 6.53. The van der Waals surface area contributed by atoms with Crippen LogP contribution in [0.5, 0.6) is 0 Å². The molecule has 150 valence electrons. The van der Waals surface area contributed by atoms with E-state index in [2.05, 4.69) is 0 Å². The lowest BCUT2D eigenvalue weighted by atomic mass is 9.95. The number of carbonyl (C=O) groups excluding carboxylic acids is 3. The zero-order valence-electron chi connectivity index (χ0n) is 15.1. The fraction of sp³-hybridized carbons (Fsp3) is 0.190. The van der Waals surface area contributed by atoms with Crippen LogP contribution in [0.3, 0.4) is 0 Å². The Hall–Kier alpha value is -3.55. The van der Waals surface area contributed by atoms with Crippen molar-refractivity contribution >= 4 is 23.4 Å². The maximum Gasteiger partial charge on any atom is 0.295 e. The van der Waals surface area contributed by atoms with Gasteiger partial charge in [0.2, 0.25) is 0 Å². The van der Waals surface area contributed by atoms with E-state index in [0.29, 0.717) is 0 Å². The molecule has 0 aliphatic carbocycles. The van der Waals surface area contributed by atoms with E-state index in [1.54, 1.807) is 0 Å². The predicted octanol–water partition coefficient (Wildman–Crippen LogP) is 1.92. The maximum absolute atomic E-state index is 13.8. The fourth-order valence-electron chi connectivity index (χ4n) is 3.29. The number of halogens is 2. The van der Waals surface area contributed by atoms with Crippen molar-refractivity contribution in [3.05, 3.63) is 76.9 Å². The number of hydrogen-bond donors (Lipinski definition) is 1. The summed E-state index contributed by atoms with van der Waals surface area (Å²) in [4.78, 5) is 37.0. The average Bonchev–Trinajstić information content (AvgIpc) is 2.93. The van der Waals surface area contributed by atoms with Crippen LogP contribution >= 0.6 is 0 Å². The molecule has 2 aromatic carbocycles. The Bertz CT molecular complexity index is 1000. The van der Waals surface area contributed by atoms with Gasteiger partial charge in [-0.05, 0) is 54.8 Å². The van der Waals surface area contributed by atoms with Crippen LogP contribution < -0.4 is 5.11 Å². The Kier molecular flexibility index (Phi) is 5.72. The number of carbonyl (C=O) groups is 3. The van der Waals surface area contributed by atoms with Crippen molar-refractivity contribution < 1.29 is 33.4 Å². The molecule has 1 aliphatic heterocycles. The van der Waals surface area contributed by atoms with Crippen LogP contribution in [-0.4, -0.2) is 34.2 Å². The standard InChI is InChI=1S/C21H17F2NO5/c22-14-8-6-12(7-9-14)19(27)17-18(13-3-1-4-15(23)11-13)24(21(29)20(17)28)10-2-5-16(25)26/h1,3-4,6-9,11,18,27H,2,5,10H2,(H,25,26)/p-1/t18-/m0/s1. The Balaban J connectivity index is 2.10. The van der Waals surface area contributed by atoms with Crippen LogP contribution in [0, 0.1) is 11.6 Å². The highest BCUT2D eigenvalue weighted by molar-refractivity contribution is 6.46. The van der Waals surface area contributed by atoms with Gasteiger partial charge >= 0.3 is 0 Å². The molecule has 8 heteroatoms. The summed E-state index contributed by atoms with van der Waals surface area (Å²) in [5.41, 5.74) is 0.0718. The molecule has 0 bridgehead atoms. The van der Waals surface area contributed by atoms with Crippen LogP contribution in [0.1, 0.15) is 30.0 Å². The van der Waals surface area contributed by atoms with Gasteiger partial charge in [-0.2, -0.15) is 0 Å². The molecular formula is C21H16F2NO5-. The van der Waals surface area contributed by atoms with Crippen LogP contribution in [-0.2, 0) is 14.4 Å². The minimum absolute atomic E-state index is 0.0117. The molecule has 0 radical (unpaired) electrons. The lowest BCUT2D eigenvalue weighted by Gasteiger charge is -2.25. The number of Topliss-reactive ketones (excluding diaryl/α,β-unsaturated/α-hetero) is 1. The summed E-state index contributed by atoms with van der Waals surface area (Å²) in [5.74, 6) is -4.93. The molecule has 3 rings (SSSR count). The topological polar surface area (TPSA) is 97.7 Å².